The van der Waals surface area contributed by atoms with Crippen molar-refractivity contribution >= 4 is 5.91 Å². The van der Waals surface area contributed by atoms with Gasteiger partial charge in [-0.1, -0.05) is 328 Å². The number of hydrogen-bond acceptors (Lipinski definition) is 3. The second kappa shape index (κ2) is 55.5. The van der Waals surface area contributed by atoms with Crippen LogP contribution in [0.15, 0.2) is 12.2 Å². The number of carbonyl (C=O) groups is 1. The molecule has 0 heterocycles. The molecule has 376 valence electrons. The molecule has 2 unspecified atom stereocenters. The van der Waals surface area contributed by atoms with Crippen LogP contribution in [0.25, 0.3) is 0 Å². The predicted octanol–water partition coefficient (Wildman–Crippen LogP) is 19.3. The Morgan fingerprint density at radius 3 is 0.825 bits per heavy atom. The fraction of sp³-hybridized carbons (Fsp3) is 0.949. The van der Waals surface area contributed by atoms with Crippen molar-refractivity contribution < 1.29 is 15.0 Å². The Labute approximate surface area is 397 Å². The summed E-state index contributed by atoms with van der Waals surface area (Å²) in [6.45, 7) is 4.34. The van der Waals surface area contributed by atoms with E-state index in [0.717, 1.165) is 25.7 Å². The van der Waals surface area contributed by atoms with E-state index in [-0.39, 0.29) is 12.5 Å². The molecular weight excluding hydrogens is 771 g/mol. The van der Waals surface area contributed by atoms with Crippen molar-refractivity contribution in [1.29, 1.82) is 0 Å². The van der Waals surface area contributed by atoms with E-state index in [9.17, 15) is 15.0 Å². The maximum Gasteiger partial charge on any atom is 0.220 e. The van der Waals surface area contributed by atoms with Crippen molar-refractivity contribution in [3.8, 4) is 0 Å². The summed E-state index contributed by atoms with van der Waals surface area (Å²) in [5.41, 5.74) is 0. The Morgan fingerprint density at radius 1 is 0.365 bits per heavy atom. The first kappa shape index (κ1) is 62.1. The van der Waals surface area contributed by atoms with Crippen LogP contribution in [0.1, 0.15) is 341 Å². The van der Waals surface area contributed by atoms with Crippen molar-refractivity contribution in [1.82, 2.24) is 5.32 Å². The van der Waals surface area contributed by atoms with E-state index in [1.807, 2.05) is 6.08 Å². The quantitative estimate of drug-likeness (QED) is 0.0421. The number of unbranched alkanes of at least 4 members (excludes halogenated alkanes) is 48. The first-order valence-corrected chi connectivity index (χ1v) is 29.4. The summed E-state index contributed by atoms with van der Waals surface area (Å²) >= 11 is 0. The lowest BCUT2D eigenvalue weighted by Gasteiger charge is -2.20. The van der Waals surface area contributed by atoms with Crippen LogP contribution in [0, 0.1) is 0 Å². The molecule has 0 fully saturated rings. The summed E-state index contributed by atoms with van der Waals surface area (Å²) < 4.78 is 0. The van der Waals surface area contributed by atoms with Crippen molar-refractivity contribution in [3.05, 3.63) is 12.2 Å². The zero-order chi connectivity index (χ0) is 45.6. The van der Waals surface area contributed by atoms with Gasteiger partial charge in [-0.15, -0.1) is 0 Å². The van der Waals surface area contributed by atoms with Gasteiger partial charge in [0.2, 0.25) is 5.91 Å². The monoisotopic (exact) mass is 888 g/mol. The van der Waals surface area contributed by atoms with Gasteiger partial charge in [0.05, 0.1) is 18.8 Å². The third-order valence-corrected chi connectivity index (χ3v) is 14.0. The maximum absolute atomic E-state index is 12.5. The highest BCUT2D eigenvalue weighted by Crippen LogP contribution is 2.18. The van der Waals surface area contributed by atoms with E-state index in [1.165, 1.54) is 295 Å². The first-order chi connectivity index (χ1) is 31.2. The SMILES string of the molecule is CCCCCCCCCCCCCCC/C=C/C(O)C(CO)NC(=O)CCCCCCCCCCCCCCCCCCCCCCCCCCCCCCCCCCCCCC. The third kappa shape index (κ3) is 52.0. The number of carbonyl (C=O) groups excluding carboxylic acids is 1. The first-order valence-electron chi connectivity index (χ1n) is 29.4. The minimum Gasteiger partial charge on any atom is -0.394 e. The summed E-state index contributed by atoms with van der Waals surface area (Å²) in [5, 5.41) is 23.1. The molecule has 2 atom stereocenters. The van der Waals surface area contributed by atoms with Gasteiger partial charge in [0.15, 0.2) is 0 Å². The molecule has 0 saturated carbocycles. The van der Waals surface area contributed by atoms with Gasteiger partial charge in [0, 0.05) is 6.42 Å². The molecule has 4 nitrogen and oxygen atoms in total. The highest BCUT2D eigenvalue weighted by Gasteiger charge is 2.18. The molecule has 1 amide bonds. The largest absolute Gasteiger partial charge is 0.394 e. The van der Waals surface area contributed by atoms with Gasteiger partial charge in [-0.3, -0.25) is 4.79 Å². The van der Waals surface area contributed by atoms with Crippen LogP contribution < -0.4 is 5.32 Å². The number of aliphatic hydroxyl groups is 2. The Bertz CT molecular complexity index is 875. The second-order valence-electron chi connectivity index (χ2n) is 20.4. The Balaban J connectivity index is 3.36. The molecule has 0 rings (SSSR count). The van der Waals surface area contributed by atoms with Crippen molar-refractivity contribution in [2.45, 2.75) is 353 Å². The van der Waals surface area contributed by atoms with Gasteiger partial charge in [-0.25, -0.2) is 0 Å². The molecule has 0 aliphatic heterocycles. The van der Waals surface area contributed by atoms with Gasteiger partial charge in [0.25, 0.3) is 0 Å². The Morgan fingerprint density at radius 2 is 0.587 bits per heavy atom. The van der Waals surface area contributed by atoms with E-state index in [2.05, 4.69) is 19.2 Å². The Kier molecular flexibility index (Phi) is 54.7. The molecule has 0 aromatic carbocycles. The fourth-order valence-electron chi connectivity index (χ4n) is 9.54. The molecule has 63 heavy (non-hydrogen) atoms. The standard InChI is InChI=1S/C59H117NO3/c1-3-5-7-9-11-13-15-17-19-20-21-22-23-24-25-26-27-28-29-30-31-32-33-34-35-36-37-38-39-41-43-45-47-49-51-53-55-59(63)60-57(56-61)58(62)54-52-50-48-46-44-42-40-18-16-14-12-10-8-6-4-2/h52,54,57-58,61-62H,3-51,53,55-56H2,1-2H3,(H,60,63)/b54-52+. The average Bonchev–Trinajstić information content (AvgIpc) is 3.29. The summed E-state index contributed by atoms with van der Waals surface area (Å²) in [6.07, 6.45) is 72.6. The Hall–Kier alpha value is -0.870. The van der Waals surface area contributed by atoms with E-state index in [4.69, 9.17) is 0 Å². The molecule has 0 saturated heterocycles. The third-order valence-electron chi connectivity index (χ3n) is 14.0. The van der Waals surface area contributed by atoms with Crippen LogP contribution in [0.2, 0.25) is 0 Å². The zero-order valence-electron chi connectivity index (χ0n) is 43.4. The number of rotatable bonds is 55. The van der Waals surface area contributed by atoms with Crippen LogP contribution >= 0.6 is 0 Å². The van der Waals surface area contributed by atoms with Crippen LogP contribution in [-0.4, -0.2) is 34.9 Å². The van der Waals surface area contributed by atoms with E-state index in [0.29, 0.717) is 6.42 Å². The zero-order valence-corrected chi connectivity index (χ0v) is 43.4. The molecular formula is C59H117NO3. The molecule has 0 aliphatic carbocycles. The van der Waals surface area contributed by atoms with Crippen LogP contribution in [0.5, 0.6) is 0 Å². The molecule has 0 spiro atoms. The van der Waals surface area contributed by atoms with Gasteiger partial charge >= 0.3 is 0 Å². The lowest BCUT2D eigenvalue weighted by Crippen LogP contribution is -2.45. The number of hydrogen-bond donors (Lipinski definition) is 3. The molecule has 4 heteroatoms. The van der Waals surface area contributed by atoms with E-state index < -0.39 is 12.1 Å². The highest BCUT2D eigenvalue weighted by molar-refractivity contribution is 5.76. The molecule has 3 N–H and O–H groups in total. The summed E-state index contributed by atoms with van der Waals surface area (Å²) in [4.78, 5) is 12.5. The number of nitrogens with one attached hydrogen (secondary N) is 1. The van der Waals surface area contributed by atoms with Gasteiger partial charge in [-0.2, -0.15) is 0 Å². The maximum atomic E-state index is 12.5. The van der Waals surface area contributed by atoms with Crippen molar-refractivity contribution in [2.24, 2.45) is 0 Å². The molecule has 0 radical (unpaired) electrons. The van der Waals surface area contributed by atoms with Crippen LogP contribution in [-0.2, 0) is 4.79 Å². The predicted molar refractivity (Wildman–Crippen MR) is 281 cm³/mol. The average molecular weight is 889 g/mol. The van der Waals surface area contributed by atoms with Crippen LogP contribution in [0.4, 0.5) is 0 Å². The minimum atomic E-state index is -0.834. The van der Waals surface area contributed by atoms with E-state index in [1.54, 1.807) is 6.08 Å². The molecule has 0 bridgehead atoms. The van der Waals surface area contributed by atoms with Crippen molar-refractivity contribution in [3.63, 3.8) is 0 Å². The number of aliphatic hydroxyl groups excluding tert-OH is 2. The summed E-state index contributed by atoms with van der Waals surface area (Å²) in [5.74, 6) is -0.0563. The lowest BCUT2D eigenvalue weighted by atomic mass is 10.0. The fourth-order valence-corrected chi connectivity index (χ4v) is 9.54. The highest BCUT2D eigenvalue weighted by atomic mass is 16.3. The number of allylic oxidation sites excluding steroid dienone is 1. The summed E-state index contributed by atoms with van der Waals surface area (Å²) in [6, 6.07) is -0.617. The smallest absolute Gasteiger partial charge is 0.220 e. The normalized spacial score (nSPS) is 12.8. The van der Waals surface area contributed by atoms with E-state index >= 15 is 0 Å². The molecule has 0 aromatic heterocycles. The topological polar surface area (TPSA) is 69.6 Å². The lowest BCUT2D eigenvalue weighted by molar-refractivity contribution is -0.123. The second-order valence-corrected chi connectivity index (χ2v) is 20.4. The van der Waals surface area contributed by atoms with Crippen LogP contribution in [0.3, 0.4) is 0 Å². The molecule has 0 aliphatic rings. The van der Waals surface area contributed by atoms with Gasteiger partial charge in [0.1, 0.15) is 0 Å². The summed E-state index contributed by atoms with van der Waals surface area (Å²) in [7, 11) is 0. The molecule has 0 aromatic rings. The van der Waals surface area contributed by atoms with Gasteiger partial charge in [-0.05, 0) is 19.3 Å². The van der Waals surface area contributed by atoms with Crippen molar-refractivity contribution in [2.75, 3.05) is 6.61 Å². The van der Waals surface area contributed by atoms with Gasteiger partial charge < -0.3 is 15.5 Å². The minimum absolute atomic E-state index is 0.0563. The number of amides is 1.